The van der Waals surface area contributed by atoms with E-state index in [0.29, 0.717) is 6.42 Å². The largest absolute Gasteiger partial charge is 0.409 e. The molecule has 0 aliphatic heterocycles. The Morgan fingerprint density at radius 2 is 2.28 bits per heavy atom. The maximum absolute atomic E-state index is 13.6. The van der Waals surface area contributed by atoms with Crippen molar-refractivity contribution >= 4 is 17.4 Å². The number of hydrogen-bond donors (Lipinski definition) is 3. The Bertz CT molecular complexity index is 474. The quantitative estimate of drug-likeness (QED) is 0.331. The number of carbonyl (C=O) groups is 1. The van der Waals surface area contributed by atoms with Crippen molar-refractivity contribution in [1.29, 1.82) is 0 Å². The average Bonchev–Trinajstić information content (AvgIpc) is 2.37. The van der Waals surface area contributed by atoms with E-state index in [-0.39, 0.29) is 28.9 Å². The number of nitrogens with two attached hydrogens (primary N) is 1. The molecule has 0 saturated heterocycles. The van der Waals surface area contributed by atoms with Gasteiger partial charge in [-0.3, -0.25) is 4.79 Å². The third kappa shape index (κ3) is 2.97. The van der Waals surface area contributed by atoms with Gasteiger partial charge in [0, 0.05) is 5.92 Å². The Labute approximate surface area is 104 Å². The summed E-state index contributed by atoms with van der Waals surface area (Å²) in [6, 6.07) is 4.11. The fourth-order valence-electron chi connectivity index (χ4n) is 1.38. The van der Waals surface area contributed by atoms with Crippen LogP contribution in [-0.4, -0.2) is 17.0 Å². The van der Waals surface area contributed by atoms with Crippen molar-refractivity contribution in [2.75, 3.05) is 5.32 Å². The first kappa shape index (κ1) is 14.0. The first-order valence-electron chi connectivity index (χ1n) is 5.58. The Morgan fingerprint density at radius 1 is 1.61 bits per heavy atom. The van der Waals surface area contributed by atoms with Crippen LogP contribution in [0.1, 0.15) is 25.8 Å². The first-order valence-corrected chi connectivity index (χ1v) is 5.58. The Kier molecular flexibility index (Phi) is 4.65. The lowest BCUT2D eigenvalue weighted by Crippen LogP contribution is -2.24. The van der Waals surface area contributed by atoms with Crippen molar-refractivity contribution in [2.45, 2.75) is 20.3 Å². The highest BCUT2D eigenvalue weighted by Gasteiger charge is 2.17. The van der Waals surface area contributed by atoms with Crippen molar-refractivity contribution in [1.82, 2.24) is 0 Å². The van der Waals surface area contributed by atoms with Crippen molar-refractivity contribution in [3.63, 3.8) is 0 Å². The second kappa shape index (κ2) is 6.00. The van der Waals surface area contributed by atoms with Gasteiger partial charge in [0.05, 0.1) is 11.3 Å². The molecule has 18 heavy (non-hydrogen) atoms. The Balaban J connectivity index is 3.10. The number of oxime groups is 1. The number of carbonyl (C=O) groups excluding carboxylic acids is 1. The highest BCUT2D eigenvalue weighted by atomic mass is 19.1. The van der Waals surface area contributed by atoms with Gasteiger partial charge < -0.3 is 16.3 Å². The van der Waals surface area contributed by atoms with Gasteiger partial charge in [-0.25, -0.2) is 4.39 Å². The zero-order valence-electron chi connectivity index (χ0n) is 10.3. The Morgan fingerprint density at radius 3 is 2.83 bits per heavy atom. The summed E-state index contributed by atoms with van der Waals surface area (Å²) in [6.45, 7) is 3.64. The summed E-state index contributed by atoms with van der Waals surface area (Å²) in [5.41, 5.74) is 5.47. The molecule has 0 heterocycles. The summed E-state index contributed by atoms with van der Waals surface area (Å²) in [7, 11) is 0. The molecule has 6 heteroatoms. The number of hydrogen-bond acceptors (Lipinski definition) is 3. The molecule has 0 spiro atoms. The second-order valence-electron chi connectivity index (χ2n) is 3.95. The normalized spacial score (nSPS) is 13.2. The maximum atomic E-state index is 13.6. The number of nitrogens with zero attached hydrogens (tertiary/aromatic N) is 1. The van der Waals surface area contributed by atoms with Gasteiger partial charge in [-0.05, 0) is 18.6 Å². The van der Waals surface area contributed by atoms with E-state index < -0.39 is 5.82 Å². The van der Waals surface area contributed by atoms with Gasteiger partial charge in [0.25, 0.3) is 0 Å². The van der Waals surface area contributed by atoms with E-state index in [2.05, 4.69) is 10.5 Å². The molecular formula is C12H16FN3O2. The van der Waals surface area contributed by atoms with E-state index >= 15 is 0 Å². The van der Waals surface area contributed by atoms with Crippen molar-refractivity contribution in [3.8, 4) is 0 Å². The van der Waals surface area contributed by atoms with Gasteiger partial charge in [0.2, 0.25) is 5.91 Å². The summed E-state index contributed by atoms with van der Waals surface area (Å²) >= 11 is 0. The third-order valence-electron chi connectivity index (χ3n) is 2.70. The lowest BCUT2D eigenvalue weighted by molar-refractivity contribution is -0.119. The summed E-state index contributed by atoms with van der Waals surface area (Å²) < 4.78 is 13.6. The van der Waals surface area contributed by atoms with E-state index in [1.807, 2.05) is 6.92 Å². The van der Waals surface area contributed by atoms with Crippen molar-refractivity contribution < 1.29 is 14.4 Å². The topological polar surface area (TPSA) is 87.7 Å². The summed E-state index contributed by atoms with van der Waals surface area (Å²) in [5, 5.41) is 13.9. The molecule has 5 nitrogen and oxygen atoms in total. The highest BCUT2D eigenvalue weighted by molar-refractivity contribution is 6.05. The van der Waals surface area contributed by atoms with Crippen LogP contribution in [0.4, 0.5) is 10.1 Å². The minimum atomic E-state index is -0.660. The molecule has 1 atom stereocenters. The van der Waals surface area contributed by atoms with Crippen molar-refractivity contribution in [3.05, 3.63) is 29.6 Å². The van der Waals surface area contributed by atoms with Gasteiger partial charge in [0.15, 0.2) is 5.84 Å². The van der Waals surface area contributed by atoms with Gasteiger partial charge in [-0.2, -0.15) is 0 Å². The number of benzene rings is 1. The maximum Gasteiger partial charge on any atom is 0.227 e. The standard InChI is InChI=1S/C12H16FN3O2/c1-3-7(2)12(17)15-9-6-4-5-8(13)10(9)11(14)16-18/h4-7,18H,3H2,1-2H3,(H2,14,16)(H,15,17). The number of anilines is 1. The molecular weight excluding hydrogens is 237 g/mol. The first-order chi connectivity index (χ1) is 8.51. The van der Waals surface area contributed by atoms with Gasteiger partial charge in [-0.1, -0.05) is 25.1 Å². The van der Waals surface area contributed by atoms with Crippen LogP contribution < -0.4 is 11.1 Å². The molecule has 1 rings (SSSR count). The molecule has 0 bridgehead atoms. The monoisotopic (exact) mass is 253 g/mol. The van der Waals surface area contributed by atoms with Crippen LogP contribution in [0.5, 0.6) is 0 Å². The van der Waals surface area contributed by atoms with E-state index in [4.69, 9.17) is 10.9 Å². The van der Waals surface area contributed by atoms with Crippen LogP contribution in [0.25, 0.3) is 0 Å². The van der Waals surface area contributed by atoms with Crippen LogP contribution in [0.15, 0.2) is 23.4 Å². The Hall–Kier alpha value is -2.11. The minimum Gasteiger partial charge on any atom is -0.409 e. The van der Waals surface area contributed by atoms with Crippen LogP contribution in [0.3, 0.4) is 0 Å². The van der Waals surface area contributed by atoms with Gasteiger partial charge in [-0.15, -0.1) is 0 Å². The molecule has 0 aliphatic rings. The predicted octanol–water partition coefficient (Wildman–Crippen LogP) is 1.90. The fourth-order valence-corrected chi connectivity index (χ4v) is 1.38. The van der Waals surface area contributed by atoms with Crippen LogP contribution in [-0.2, 0) is 4.79 Å². The molecule has 1 aromatic rings. The van der Waals surface area contributed by atoms with E-state index in [9.17, 15) is 9.18 Å². The van der Waals surface area contributed by atoms with E-state index in [0.717, 1.165) is 0 Å². The number of halogens is 1. The highest BCUT2D eigenvalue weighted by Crippen LogP contribution is 2.19. The zero-order valence-corrected chi connectivity index (χ0v) is 10.3. The molecule has 0 saturated carbocycles. The molecule has 1 amide bonds. The zero-order chi connectivity index (χ0) is 13.7. The predicted molar refractivity (Wildman–Crippen MR) is 67.0 cm³/mol. The SMILES string of the molecule is CCC(C)C(=O)Nc1cccc(F)c1/C(N)=N/O. The van der Waals surface area contributed by atoms with Gasteiger partial charge in [0.1, 0.15) is 5.82 Å². The number of amidine groups is 1. The average molecular weight is 253 g/mol. The smallest absolute Gasteiger partial charge is 0.227 e. The summed E-state index contributed by atoms with van der Waals surface area (Å²) in [4.78, 5) is 11.7. The molecule has 0 aliphatic carbocycles. The van der Waals surface area contributed by atoms with Crippen LogP contribution >= 0.6 is 0 Å². The van der Waals surface area contributed by atoms with Gasteiger partial charge >= 0.3 is 0 Å². The van der Waals surface area contributed by atoms with Crippen molar-refractivity contribution in [2.24, 2.45) is 16.8 Å². The lowest BCUT2D eigenvalue weighted by atomic mass is 10.1. The third-order valence-corrected chi connectivity index (χ3v) is 2.70. The summed E-state index contributed by atoms with van der Waals surface area (Å²) in [5.74, 6) is -1.48. The fraction of sp³-hybridized carbons (Fsp3) is 0.333. The second-order valence-corrected chi connectivity index (χ2v) is 3.95. The number of rotatable bonds is 4. The van der Waals surface area contributed by atoms with Crippen LogP contribution in [0, 0.1) is 11.7 Å². The summed E-state index contributed by atoms with van der Waals surface area (Å²) in [6.07, 6.45) is 0.667. The molecule has 1 aromatic carbocycles. The minimum absolute atomic E-state index is 0.114. The molecule has 98 valence electrons. The molecule has 0 aromatic heterocycles. The molecule has 4 N–H and O–H groups in total. The van der Waals surface area contributed by atoms with E-state index in [1.54, 1.807) is 6.92 Å². The number of nitrogens with one attached hydrogen (secondary N) is 1. The number of amides is 1. The molecule has 0 radical (unpaired) electrons. The van der Waals surface area contributed by atoms with E-state index in [1.165, 1.54) is 18.2 Å². The molecule has 1 unspecified atom stereocenters. The van der Waals surface area contributed by atoms with Crippen LogP contribution in [0.2, 0.25) is 0 Å². The lowest BCUT2D eigenvalue weighted by Gasteiger charge is -2.13. The molecule has 0 fully saturated rings.